The molecule has 0 rings (SSSR count). The second-order valence-electron chi connectivity index (χ2n) is 12.3. The highest BCUT2D eigenvalue weighted by atomic mass is 16.6. The Morgan fingerprint density at radius 2 is 0.538 bits per heavy atom. The molecule has 0 fully saturated rings. The van der Waals surface area contributed by atoms with E-state index < -0.39 is 6.10 Å². The summed E-state index contributed by atoms with van der Waals surface area (Å²) in [6.45, 7) is 22.6. The average molecular weight is 765 g/mol. The summed E-state index contributed by atoms with van der Waals surface area (Å²) in [6.07, 6.45) is -0.614. The van der Waals surface area contributed by atoms with Gasteiger partial charge in [-0.1, -0.05) is 0 Å². The maximum atomic E-state index is 9.22. The Balaban J connectivity index is 0. The zero-order valence-corrected chi connectivity index (χ0v) is 33.5. The number of rotatable bonds is 39. The van der Waals surface area contributed by atoms with Crippen LogP contribution in [0.15, 0.2) is 0 Å². The van der Waals surface area contributed by atoms with E-state index >= 15 is 0 Å². The van der Waals surface area contributed by atoms with Crippen molar-refractivity contribution in [2.75, 3.05) is 146 Å². The van der Waals surface area contributed by atoms with Gasteiger partial charge in [0.05, 0.1) is 181 Å². The van der Waals surface area contributed by atoms with E-state index in [0.29, 0.717) is 126 Å². The van der Waals surface area contributed by atoms with Crippen molar-refractivity contribution in [2.45, 2.75) is 91.2 Å². The van der Waals surface area contributed by atoms with Crippen LogP contribution in [0.2, 0.25) is 0 Å². The van der Waals surface area contributed by atoms with Gasteiger partial charge in [-0.25, -0.2) is 0 Å². The van der Waals surface area contributed by atoms with Gasteiger partial charge in [-0.3, -0.25) is 0 Å². The zero-order chi connectivity index (χ0) is 39.1. The molecule has 0 aromatic rings. The molecule has 0 heterocycles. The molecule has 52 heavy (non-hydrogen) atoms. The lowest BCUT2D eigenvalue weighted by molar-refractivity contribution is -0.105. The monoisotopic (exact) mass is 765 g/mol. The smallest absolute Gasteiger partial charge is 0.0781 e. The van der Waals surface area contributed by atoms with Crippen LogP contribution in [0.25, 0.3) is 0 Å². The quantitative estimate of drug-likeness (QED) is 0.0766. The molecule has 0 amide bonds. The molecule has 0 spiro atoms. The molecule has 0 aliphatic carbocycles. The van der Waals surface area contributed by atoms with Crippen LogP contribution in [0, 0.1) is 0 Å². The summed E-state index contributed by atoms with van der Waals surface area (Å²) in [7, 11) is 1.66. The lowest BCUT2D eigenvalue weighted by atomic mass is 10.3. The third-order valence-corrected chi connectivity index (χ3v) is 6.43. The number of ether oxygens (including phenoxy) is 13. The molecular formula is C36H76O16. The Labute approximate surface area is 313 Å². The normalized spacial score (nSPS) is 15.8. The highest BCUT2D eigenvalue weighted by Crippen LogP contribution is 2.04. The average Bonchev–Trinajstić information content (AvgIpc) is 3.12. The molecule has 0 saturated heterocycles. The van der Waals surface area contributed by atoms with E-state index in [1.165, 1.54) is 0 Å². The summed E-state index contributed by atoms with van der Waals surface area (Å²) in [5, 5.41) is 26.2. The second-order valence-corrected chi connectivity index (χ2v) is 12.3. The SMILES string of the molecule is COCC(C)OCC(C)OCC(C)OCC(C)OCC(C)OCC(C)OCC(C)O.OCCOCCOCCOCCOCCOCCOCCO. The summed E-state index contributed by atoms with van der Waals surface area (Å²) in [6, 6.07) is 0. The van der Waals surface area contributed by atoms with E-state index in [4.69, 9.17) is 71.8 Å². The van der Waals surface area contributed by atoms with E-state index in [-0.39, 0.29) is 49.8 Å². The molecule has 0 aliphatic rings. The van der Waals surface area contributed by atoms with Gasteiger partial charge in [-0.05, 0) is 48.5 Å². The van der Waals surface area contributed by atoms with Gasteiger partial charge < -0.3 is 76.9 Å². The molecular weight excluding hydrogens is 688 g/mol. The second kappa shape index (κ2) is 41.5. The van der Waals surface area contributed by atoms with Gasteiger partial charge in [0.1, 0.15) is 0 Å². The third kappa shape index (κ3) is 43.8. The van der Waals surface area contributed by atoms with Gasteiger partial charge in [0.2, 0.25) is 0 Å². The molecule has 0 aromatic carbocycles. The Kier molecular flexibility index (Phi) is 42.7. The summed E-state index contributed by atoms with van der Waals surface area (Å²) in [4.78, 5) is 0. The van der Waals surface area contributed by atoms with Crippen LogP contribution >= 0.6 is 0 Å². The fraction of sp³-hybridized carbons (Fsp3) is 1.00. The molecule has 16 nitrogen and oxygen atoms in total. The Morgan fingerprint density at radius 3 is 0.750 bits per heavy atom. The van der Waals surface area contributed by atoms with Crippen molar-refractivity contribution in [3.8, 4) is 0 Å². The number of methoxy groups -OCH3 is 1. The zero-order valence-electron chi connectivity index (χ0n) is 33.5. The van der Waals surface area contributed by atoms with Crippen LogP contribution < -0.4 is 0 Å². The maximum Gasteiger partial charge on any atom is 0.0781 e. The van der Waals surface area contributed by atoms with Crippen LogP contribution in [-0.4, -0.2) is 204 Å². The van der Waals surface area contributed by atoms with Gasteiger partial charge in [-0.15, -0.1) is 0 Å². The Hall–Kier alpha value is -0.640. The first-order valence-electron chi connectivity index (χ1n) is 18.6. The van der Waals surface area contributed by atoms with Crippen LogP contribution in [0.4, 0.5) is 0 Å². The largest absolute Gasteiger partial charge is 0.394 e. The van der Waals surface area contributed by atoms with Gasteiger partial charge in [0, 0.05) is 7.11 Å². The standard InChI is InChI=1S/C22H46O8.C14H30O8/c1-16(23)9-25-18(3)11-27-20(5)13-29-22(7)15-30-21(6)14-28-19(4)12-26-17(2)10-24-8;15-1-3-17-5-7-19-9-11-21-13-14-22-12-10-20-8-6-18-4-2-16/h16-23H,9-15H2,1-8H3;15-16H,1-14H2. The number of hydrogen-bond acceptors (Lipinski definition) is 16. The number of aliphatic hydroxyl groups excluding tert-OH is 3. The van der Waals surface area contributed by atoms with Crippen LogP contribution in [0.3, 0.4) is 0 Å². The van der Waals surface area contributed by atoms with E-state index in [1.807, 2.05) is 41.5 Å². The molecule has 3 N–H and O–H groups in total. The minimum Gasteiger partial charge on any atom is -0.394 e. The summed E-state index contributed by atoms with van der Waals surface area (Å²) in [5.74, 6) is 0. The lowest BCUT2D eigenvalue weighted by Gasteiger charge is -2.22. The molecule has 316 valence electrons. The molecule has 7 atom stereocenters. The fourth-order valence-electron chi connectivity index (χ4n) is 3.66. The number of aliphatic hydroxyl groups is 3. The van der Waals surface area contributed by atoms with E-state index in [1.54, 1.807) is 14.0 Å². The molecule has 7 unspecified atom stereocenters. The van der Waals surface area contributed by atoms with Crippen molar-refractivity contribution in [1.29, 1.82) is 0 Å². The highest BCUT2D eigenvalue weighted by molar-refractivity contribution is 4.59. The molecule has 0 saturated carbocycles. The van der Waals surface area contributed by atoms with E-state index in [0.717, 1.165) is 0 Å². The summed E-state index contributed by atoms with van der Waals surface area (Å²) < 4.78 is 70.5. The van der Waals surface area contributed by atoms with Crippen molar-refractivity contribution in [3.63, 3.8) is 0 Å². The topological polar surface area (TPSA) is 181 Å². The van der Waals surface area contributed by atoms with Crippen LogP contribution in [0.5, 0.6) is 0 Å². The fourth-order valence-corrected chi connectivity index (χ4v) is 3.66. The van der Waals surface area contributed by atoms with Crippen molar-refractivity contribution >= 4 is 0 Å². The predicted octanol–water partition coefficient (Wildman–Crippen LogP) is 1.51. The minimum atomic E-state index is -0.469. The summed E-state index contributed by atoms with van der Waals surface area (Å²) in [5.41, 5.74) is 0. The van der Waals surface area contributed by atoms with Crippen molar-refractivity contribution in [1.82, 2.24) is 0 Å². The predicted molar refractivity (Wildman–Crippen MR) is 195 cm³/mol. The molecule has 0 aliphatic heterocycles. The van der Waals surface area contributed by atoms with Gasteiger partial charge in [-0.2, -0.15) is 0 Å². The maximum absolute atomic E-state index is 9.22. The Morgan fingerprint density at radius 1 is 0.327 bits per heavy atom. The van der Waals surface area contributed by atoms with Crippen molar-refractivity contribution < 1.29 is 76.9 Å². The van der Waals surface area contributed by atoms with E-state index in [9.17, 15) is 5.11 Å². The van der Waals surface area contributed by atoms with Gasteiger partial charge >= 0.3 is 0 Å². The minimum absolute atomic E-state index is 0.00557. The molecule has 16 heteroatoms. The van der Waals surface area contributed by atoms with E-state index in [2.05, 4.69) is 0 Å². The highest BCUT2D eigenvalue weighted by Gasteiger charge is 2.13. The number of hydrogen-bond donors (Lipinski definition) is 3. The van der Waals surface area contributed by atoms with Crippen molar-refractivity contribution in [3.05, 3.63) is 0 Å². The molecule has 0 radical (unpaired) electrons. The lowest BCUT2D eigenvalue weighted by Crippen LogP contribution is -2.30. The first-order valence-corrected chi connectivity index (χ1v) is 18.6. The van der Waals surface area contributed by atoms with Crippen LogP contribution in [-0.2, 0) is 61.6 Å². The first kappa shape index (κ1) is 53.5. The summed E-state index contributed by atoms with van der Waals surface area (Å²) >= 11 is 0. The molecule has 0 bridgehead atoms. The first-order chi connectivity index (χ1) is 25.0. The van der Waals surface area contributed by atoms with Gasteiger partial charge in [0.25, 0.3) is 0 Å². The third-order valence-electron chi connectivity index (χ3n) is 6.43. The Bertz CT molecular complexity index is 660. The van der Waals surface area contributed by atoms with Crippen LogP contribution in [0.1, 0.15) is 48.5 Å². The molecule has 0 aromatic heterocycles. The van der Waals surface area contributed by atoms with Gasteiger partial charge in [0.15, 0.2) is 0 Å². The van der Waals surface area contributed by atoms with Crippen molar-refractivity contribution in [2.24, 2.45) is 0 Å².